The maximum Gasteiger partial charge on any atom is 0.0206 e. The molecule has 1 nitrogen and oxygen atoms in total. The molecule has 92 valence electrons. The fourth-order valence-corrected chi connectivity index (χ4v) is 3.51. The molecule has 3 heteroatoms. The van der Waals surface area contributed by atoms with E-state index in [1.165, 1.54) is 22.8 Å². The molecule has 1 aromatic rings. The molecule has 1 aromatic heterocycles. The van der Waals surface area contributed by atoms with E-state index in [4.69, 9.17) is 0 Å². The molecule has 16 heavy (non-hydrogen) atoms. The summed E-state index contributed by atoms with van der Waals surface area (Å²) >= 11 is 3.94. The van der Waals surface area contributed by atoms with Crippen LogP contribution in [0.3, 0.4) is 0 Å². The van der Waals surface area contributed by atoms with E-state index in [2.05, 4.69) is 55.4 Å². The second kappa shape index (κ2) is 8.15. The minimum Gasteiger partial charge on any atom is -0.313 e. The van der Waals surface area contributed by atoms with Gasteiger partial charge in [0.15, 0.2) is 0 Å². The van der Waals surface area contributed by atoms with Gasteiger partial charge >= 0.3 is 0 Å². The van der Waals surface area contributed by atoms with Crippen LogP contribution in [0.4, 0.5) is 0 Å². The molecule has 0 bridgehead atoms. The maximum absolute atomic E-state index is 3.58. The fraction of sp³-hybridized carbons (Fsp3) is 0.692. The van der Waals surface area contributed by atoms with Crippen LogP contribution < -0.4 is 5.32 Å². The van der Waals surface area contributed by atoms with Gasteiger partial charge in [-0.2, -0.15) is 11.8 Å². The lowest BCUT2D eigenvalue weighted by Crippen LogP contribution is -2.33. The summed E-state index contributed by atoms with van der Waals surface area (Å²) in [4.78, 5) is 1.50. The number of likely N-dealkylation sites (N-methyl/N-ethyl adjacent to an activating group) is 1. The van der Waals surface area contributed by atoms with Crippen LogP contribution in [0, 0.1) is 5.92 Å². The molecule has 1 N–H and O–H groups in total. The summed E-state index contributed by atoms with van der Waals surface area (Å²) < 4.78 is 0. The fourth-order valence-electron chi connectivity index (χ4n) is 1.60. The van der Waals surface area contributed by atoms with Gasteiger partial charge in [-0.1, -0.05) is 26.8 Å². The minimum absolute atomic E-state index is 0.632. The van der Waals surface area contributed by atoms with Gasteiger partial charge in [-0.25, -0.2) is 0 Å². The summed E-state index contributed by atoms with van der Waals surface area (Å²) in [6.45, 7) is 7.83. The van der Waals surface area contributed by atoms with Gasteiger partial charge in [0.05, 0.1) is 0 Å². The van der Waals surface area contributed by atoms with Gasteiger partial charge in [0.2, 0.25) is 0 Å². The number of hydrogen-bond acceptors (Lipinski definition) is 3. The highest BCUT2D eigenvalue weighted by molar-refractivity contribution is 7.99. The van der Waals surface area contributed by atoms with Gasteiger partial charge < -0.3 is 5.32 Å². The van der Waals surface area contributed by atoms with Gasteiger partial charge in [-0.15, -0.1) is 11.3 Å². The zero-order valence-corrected chi connectivity index (χ0v) is 12.2. The first kappa shape index (κ1) is 14.1. The lowest BCUT2D eigenvalue weighted by Gasteiger charge is -2.17. The zero-order valence-electron chi connectivity index (χ0n) is 10.5. The van der Waals surface area contributed by atoms with Crippen molar-refractivity contribution >= 4 is 23.1 Å². The van der Waals surface area contributed by atoms with E-state index < -0.39 is 0 Å². The van der Waals surface area contributed by atoms with Gasteiger partial charge in [0.25, 0.3) is 0 Å². The zero-order chi connectivity index (χ0) is 11.8. The van der Waals surface area contributed by atoms with Crippen LogP contribution in [-0.4, -0.2) is 24.1 Å². The highest BCUT2D eigenvalue weighted by atomic mass is 32.2. The Balaban J connectivity index is 2.29. The first-order chi connectivity index (χ1) is 7.72. The van der Waals surface area contributed by atoms with E-state index in [9.17, 15) is 0 Å². The highest BCUT2D eigenvalue weighted by Gasteiger charge is 2.09. The Morgan fingerprint density at radius 2 is 2.19 bits per heavy atom. The molecular weight excluding hydrogens is 234 g/mol. The summed E-state index contributed by atoms with van der Waals surface area (Å²) in [6.07, 6.45) is 1.18. The van der Waals surface area contributed by atoms with Crippen molar-refractivity contribution in [3.63, 3.8) is 0 Å². The maximum atomic E-state index is 3.58. The molecule has 0 radical (unpaired) electrons. The average Bonchev–Trinajstić information content (AvgIpc) is 2.70. The first-order valence-corrected chi connectivity index (χ1v) is 8.09. The number of hydrogen-bond donors (Lipinski definition) is 1. The van der Waals surface area contributed by atoms with Crippen molar-refractivity contribution < 1.29 is 0 Å². The van der Waals surface area contributed by atoms with E-state index in [0.717, 1.165) is 12.5 Å². The third-order valence-corrected chi connectivity index (χ3v) is 4.73. The van der Waals surface area contributed by atoms with Crippen molar-refractivity contribution in [1.29, 1.82) is 0 Å². The van der Waals surface area contributed by atoms with Crippen molar-refractivity contribution in [1.82, 2.24) is 5.32 Å². The van der Waals surface area contributed by atoms with Gasteiger partial charge in [-0.05, 0) is 36.1 Å². The number of thioether (sulfide) groups is 1. The van der Waals surface area contributed by atoms with E-state index in [0.29, 0.717) is 6.04 Å². The molecule has 0 saturated heterocycles. The Morgan fingerprint density at radius 1 is 1.38 bits per heavy atom. The summed E-state index contributed by atoms with van der Waals surface area (Å²) in [5.41, 5.74) is 0. The van der Waals surface area contributed by atoms with Crippen LogP contribution in [0.25, 0.3) is 0 Å². The summed E-state index contributed by atoms with van der Waals surface area (Å²) in [7, 11) is 0. The molecule has 1 atom stereocenters. The quantitative estimate of drug-likeness (QED) is 0.763. The minimum atomic E-state index is 0.632. The van der Waals surface area contributed by atoms with Crippen molar-refractivity contribution in [3.05, 3.63) is 22.4 Å². The molecule has 1 unspecified atom stereocenters. The molecule has 0 amide bonds. The van der Waals surface area contributed by atoms with E-state index in [-0.39, 0.29) is 0 Å². The predicted octanol–water partition coefficient (Wildman–Crippen LogP) is 3.66. The number of rotatable bonds is 8. The van der Waals surface area contributed by atoms with Crippen LogP contribution in [0.2, 0.25) is 0 Å². The van der Waals surface area contributed by atoms with Gasteiger partial charge in [-0.3, -0.25) is 0 Å². The van der Waals surface area contributed by atoms with Gasteiger partial charge in [0, 0.05) is 16.7 Å². The Bertz CT molecular complexity index is 257. The number of thiophene rings is 1. The SMILES string of the molecule is CCNC(CSCC(C)C)Cc1cccs1. The lowest BCUT2D eigenvalue weighted by atomic mass is 10.2. The topological polar surface area (TPSA) is 12.0 Å². The Kier molecular flexibility index (Phi) is 7.17. The molecule has 0 aliphatic rings. The molecule has 0 fully saturated rings. The molecule has 0 saturated carbocycles. The largest absolute Gasteiger partial charge is 0.313 e. The first-order valence-electron chi connectivity index (χ1n) is 6.05. The second-order valence-corrected chi connectivity index (χ2v) is 6.58. The van der Waals surface area contributed by atoms with Crippen LogP contribution >= 0.6 is 23.1 Å². The van der Waals surface area contributed by atoms with E-state index >= 15 is 0 Å². The monoisotopic (exact) mass is 257 g/mol. The van der Waals surface area contributed by atoms with E-state index in [1.54, 1.807) is 0 Å². The van der Waals surface area contributed by atoms with E-state index in [1.807, 2.05) is 11.3 Å². The van der Waals surface area contributed by atoms with Crippen molar-refractivity contribution in [3.8, 4) is 0 Å². The number of nitrogens with one attached hydrogen (secondary N) is 1. The second-order valence-electron chi connectivity index (χ2n) is 4.47. The highest BCUT2D eigenvalue weighted by Crippen LogP contribution is 2.15. The van der Waals surface area contributed by atoms with Crippen molar-refractivity contribution in [2.45, 2.75) is 33.2 Å². The van der Waals surface area contributed by atoms with Crippen molar-refractivity contribution in [2.75, 3.05) is 18.1 Å². The van der Waals surface area contributed by atoms with Crippen LogP contribution in [-0.2, 0) is 6.42 Å². The molecule has 0 aliphatic heterocycles. The molecule has 1 rings (SSSR count). The third kappa shape index (κ3) is 5.92. The smallest absolute Gasteiger partial charge is 0.0206 e. The molecule has 0 aromatic carbocycles. The van der Waals surface area contributed by atoms with Gasteiger partial charge in [0.1, 0.15) is 0 Å². The third-order valence-electron chi connectivity index (χ3n) is 2.29. The van der Waals surface area contributed by atoms with Crippen LogP contribution in [0.15, 0.2) is 17.5 Å². The predicted molar refractivity (Wildman–Crippen MR) is 77.7 cm³/mol. The summed E-state index contributed by atoms with van der Waals surface area (Å²) in [5.74, 6) is 3.30. The Labute approximate surface area is 108 Å². The normalized spacial score (nSPS) is 13.2. The molecule has 0 aliphatic carbocycles. The Hall–Kier alpha value is 0.01000. The lowest BCUT2D eigenvalue weighted by molar-refractivity contribution is 0.575. The molecule has 1 heterocycles. The molecule has 0 spiro atoms. The van der Waals surface area contributed by atoms with Crippen LogP contribution in [0.5, 0.6) is 0 Å². The molecular formula is C13H23NS2. The van der Waals surface area contributed by atoms with Crippen molar-refractivity contribution in [2.24, 2.45) is 5.92 Å². The van der Waals surface area contributed by atoms with Crippen LogP contribution in [0.1, 0.15) is 25.6 Å². The summed E-state index contributed by atoms with van der Waals surface area (Å²) in [5, 5.41) is 5.75. The Morgan fingerprint density at radius 3 is 2.75 bits per heavy atom. The standard InChI is InChI=1S/C13H23NS2/c1-4-14-12(10-15-9-11(2)3)8-13-6-5-7-16-13/h5-7,11-12,14H,4,8-10H2,1-3H3. The summed E-state index contributed by atoms with van der Waals surface area (Å²) in [6, 6.07) is 5.01. The average molecular weight is 257 g/mol.